The number of nitrogens with one attached hydrogen (secondary N) is 1. The molecule has 0 aliphatic carbocycles. The maximum atomic E-state index is 12.5. The monoisotopic (exact) mass is 343 g/mol. The molecule has 2 aromatic heterocycles. The number of sulfonamides is 1. The van der Waals surface area contributed by atoms with Crippen molar-refractivity contribution >= 4 is 15.8 Å². The Balaban J connectivity index is 1.83. The van der Waals surface area contributed by atoms with E-state index in [-0.39, 0.29) is 10.7 Å². The van der Waals surface area contributed by atoms with Gasteiger partial charge in [-0.3, -0.25) is 4.72 Å². The van der Waals surface area contributed by atoms with Crippen LogP contribution in [0.3, 0.4) is 0 Å². The summed E-state index contributed by atoms with van der Waals surface area (Å²) >= 11 is 0. The van der Waals surface area contributed by atoms with Crippen molar-refractivity contribution in [1.29, 1.82) is 0 Å². The van der Waals surface area contributed by atoms with Crippen LogP contribution in [0.5, 0.6) is 0 Å². The van der Waals surface area contributed by atoms with E-state index >= 15 is 0 Å². The van der Waals surface area contributed by atoms with Gasteiger partial charge in [-0.05, 0) is 30.2 Å². The van der Waals surface area contributed by atoms with Crippen molar-refractivity contribution in [2.24, 2.45) is 0 Å². The van der Waals surface area contributed by atoms with Crippen LogP contribution in [-0.4, -0.2) is 28.2 Å². The Morgan fingerprint density at radius 2 is 1.96 bits per heavy atom. The van der Waals surface area contributed by atoms with Crippen LogP contribution in [0.15, 0.2) is 60.0 Å². The Morgan fingerprint density at radius 1 is 1.17 bits per heavy atom. The van der Waals surface area contributed by atoms with Crippen LogP contribution in [0.1, 0.15) is 18.9 Å². The highest BCUT2D eigenvalue weighted by molar-refractivity contribution is 7.92. The highest BCUT2D eigenvalue weighted by Crippen LogP contribution is 2.16. The Bertz CT molecular complexity index is 906. The summed E-state index contributed by atoms with van der Waals surface area (Å²) in [5, 5.41) is 4.06. The Morgan fingerprint density at radius 3 is 2.62 bits per heavy atom. The van der Waals surface area contributed by atoms with Gasteiger partial charge in [0.05, 0.1) is 4.90 Å². The largest absolute Gasteiger partial charge is 0.263 e. The van der Waals surface area contributed by atoms with E-state index in [1.165, 1.54) is 17.1 Å². The maximum absolute atomic E-state index is 12.5. The molecule has 0 amide bonds. The molecule has 3 aromatic rings. The van der Waals surface area contributed by atoms with E-state index in [4.69, 9.17) is 0 Å². The minimum Gasteiger partial charge on any atom is -0.263 e. The van der Waals surface area contributed by atoms with Gasteiger partial charge in [0.15, 0.2) is 5.82 Å². The van der Waals surface area contributed by atoms with Gasteiger partial charge in [0.1, 0.15) is 12.1 Å². The number of anilines is 1. The average Bonchev–Trinajstić information content (AvgIpc) is 3.10. The van der Waals surface area contributed by atoms with E-state index in [9.17, 15) is 8.42 Å². The summed E-state index contributed by atoms with van der Waals surface area (Å²) in [6, 6.07) is 10.1. The van der Waals surface area contributed by atoms with Crippen molar-refractivity contribution in [3.05, 3.63) is 60.7 Å². The van der Waals surface area contributed by atoms with Crippen molar-refractivity contribution in [3.63, 3.8) is 0 Å². The van der Waals surface area contributed by atoms with Gasteiger partial charge in [0, 0.05) is 18.5 Å². The lowest BCUT2D eigenvalue weighted by atomic mass is 10.1. The van der Waals surface area contributed by atoms with Crippen molar-refractivity contribution in [2.75, 3.05) is 4.72 Å². The number of benzene rings is 1. The van der Waals surface area contributed by atoms with E-state index in [0.717, 1.165) is 18.4 Å². The zero-order chi connectivity index (χ0) is 17.0. The molecular formula is C16H17N5O2S. The predicted octanol–water partition coefficient (Wildman–Crippen LogP) is 2.42. The highest BCUT2D eigenvalue weighted by Gasteiger charge is 2.15. The number of hydrogen-bond acceptors (Lipinski definition) is 5. The van der Waals surface area contributed by atoms with Gasteiger partial charge in [0.2, 0.25) is 0 Å². The van der Waals surface area contributed by atoms with Gasteiger partial charge in [-0.15, -0.1) is 0 Å². The number of aromatic nitrogens is 4. The van der Waals surface area contributed by atoms with E-state index in [0.29, 0.717) is 5.82 Å². The van der Waals surface area contributed by atoms with E-state index in [2.05, 4.69) is 26.7 Å². The first kappa shape index (κ1) is 16.1. The van der Waals surface area contributed by atoms with Crippen LogP contribution >= 0.6 is 0 Å². The summed E-state index contributed by atoms with van der Waals surface area (Å²) in [6.45, 7) is 2.08. The Kier molecular flexibility index (Phi) is 4.57. The fourth-order valence-electron chi connectivity index (χ4n) is 2.25. The molecule has 3 rings (SSSR count). The van der Waals surface area contributed by atoms with Crippen LogP contribution in [0.2, 0.25) is 0 Å². The molecule has 0 saturated heterocycles. The minimum absolute atomic E-state index is 0.188. The fraction of sp³-hybridized carbons (Fsp3) is 0.188. The summed E-state index contributed by atoms with van der Waals surface area (Å²) in [7, 11) is -3.70. The van der Waals surface area contributed by atoms with Crippen LogP contribution in [0, 0.1) is 0 Å². The van der Waals surface area contributed by atoms with Gasteiger partial charge in [0.25, 0.3) is 10.0 Å². The quantitative estimate of drug-likeness (QED) is 0.742. The summed E-state index contributed by atoms with van der Waals surface area (Å²) in [4.78, 5) is 8.23. The lowest BCUT2D eigenvalue weighted by Gasteiger charge is -2.09. The zero-order valence-corrected chi connectivity index (χ0v) is 13.9. The third-order valence-corrected chi connectivity index (χ3v) is 4.77. The maximum Gasteiger partial charge on any atom is 0.263 e. The molecule has 2 heterocycles. The third kappa shape index (κ3) is 3.60. The highest BCUT2D eigenvalue weighted by atomic mass is 32.2. The second kappa shape index (κ2) is 6.79. The van der Waals surface area contributed by atoms with E-state index in [1.54, 1.807) is 30.6 Å². The van der Waals surface area contributed by atoms with Crippen LogP contribution in [0.25, 0.3) is 5.82 Å². The van der Waals surface area contributed by atoms with Crippen LogP contribution < -0.4 is 4.72 Å². The van der Waals surface area contributed by atoms with E-state index in [1.807, 2.05) is 12.1 Å². The van der Waals surface area contributed by atoms with Gasteiger partial charge in [-0.25, -0.2) is 23.1 Å². The molecule has 0 saturated carbocycles. The molecular weight excluding hydrogens is 326 g/mol. The van der Waals surface area contributed by atoms with Gasteiger partial charge < -0.3 is 0 Å². The fourth-order valence-corrected chi connectivity index (χ4v) is 3.25. The lowest BCUT2D eigenvalue weighted by molar-refractivity contribution is 0.601. The zero-order valence-electron chi connectivity index (χ0n) is 13.1. The van der Waals surface area contributed by atoms with E-state index < -0.39 is 10.0 Å². The number of nitrogens with zero attached hydrogens (tertiary/aromatic N) is 4. The second-order valence-corrected chi connectivity index (χ2v) is 6.89. The smallest absolute Gasteiger partial charge is 0.263 e. The Hall–Kier alpha value is -2.74. The molecule has 1 N–H and O–H groups in total. The van der Waals surface area contributed by atoms with Crippen molar-refractivity contribution in [1.82, 2.24) is 19.7 Å². The van der Waals surface area contributed by atoms with Gasteiger partial charge in [-0.1, -0.05) is 25.5 Å². The normalized spacial score (nSPS) is 11.4. The first-order chi connectivity index (χ1) is 11.6. The molecule has 0 aliphatic heterocycles. The molecule has 8 heteroatoms. The van der Waals surface area contributed by atoms with Crippen molar-refractivity contribution in [3.8, 4) is 5.82 Å². The SMILES string of the molecule is CCCc1ccc(S(=O)(=O)Nc2cc(-n3cccn3)ncn2)cc1. The van der Waals surface area contributed by atoms with Crippen molar-refractivity contribution < 1.29 is 8.42 Å². The summed E-state index contributed by atoms with van der Waals surface area (Å²) in [5.74, 6) is 0.666. The minimum atomic E-state index is -3.70. The topological polar surface area (TPSA) is 89.8 Å². The number of hydrogen-bond donors (Lipinski definition) is 1. The summed E-state index contributed by atoms with van der Waals surface area (Å²) < 4.78 is 28.9. The molecule has 0 spiro atoms. The molecule has 0 atom stereocenters. The summed E-state index contributed by atoms with van der Waals surface area (Å²) in [6.07, 6.45) is 6.56. The van der Waals surface area contributed by atoms with Gasteiger partial charge in [-0.2, -0.15) is 5.10 Å². The molecule has 0 bridgehead atoms. The molecule has 0 radical (unpaired) electrons. The first-order valence-electron chi connectivity index (χ1n) is 7.52. The first-order valence-corrected chi connectivity index (χ1v) is 9.00. The number of aryl methyl sites for hydroxylation is 1. The molecule has 7 nitrogen and oxygen atoms in total. The van der Waals surface area contributed by atoms with Crippen molar-refractivity contribution in [2.45, 2.75) is 24.7 Å². The molecule has 124 valence electrons. The lowest BCUT2D eigenvalue weighted by Crippen LogP contribution is -2.14. The standard InChI is InChI=1S/C16H17N5O2S/c1-2-4-13-5-7-14(8-6-13)24(22,23)20-15-11-16(18-12-17-15)21-10-3-9-19-21/h3,5-12H,2,4H2,1H3,(H,17,18,20). The molecule has 0 unspecified atom stereocenters. The van der Waals surface area contributed by atoms with Crippen LogP contribution in [0.4, 0.5) is 5.82 Å². The summed E-state index contributed by atoms with van der Waals surface area (Å²) in [5.41, 5.74) is 1.11. The van der Waals surface area contributed by atoms with Crippen LogP contribution in [-0.2, 0) is 16.4 Å². The third-order valence-electron chi connectivity index (χ3n) is 3.40. The molecule has 24 heavy (non-hydrogen) atoms. The molecule has 1 aromatic carbocycles. The Labute approximate surface area is 140 Å². The van der Waals surface area contributed by atoms with Gasteiger partial charge >= 0.3 is 0 Å². The second-order valence-electron chi connectivity index (χ2n) is 5.21. The molecule has 0 fully saturated rings. The predicted molar refractivity (Wildman–Crippen MR) is 90.4 cm³/mol. The average molecular weight is 343 g/mol. The number of rotatable bonds is 6. The molecule has 0 aliphatic rings.